The van der Waals surface area contributed by atoms with Gasteiger partial charge >= 0.3 is 6.03 Å². The fourth-order valence-corrected chi connectivity index (χ4v) is 7.14. The molecular weight excluding hydrogens is 444 g/mol. The molecule has 3 amide bonds. The zero-order chi connectivity index (χ0) is 23.0. The second-order valence-electron chi connectivity index (χ2n) is 9.00. The minimum absolute atomic E-state index is 0.00560. The van der Waals surface area contributed by atoms with E-state index in [1.165, 1.54) is 41.6 Å². The SMILES string of the molecule is C=CCn1c(SCC(=O)NC(=O)N[C@H](C)[C@@H]2C[C@H]3CC[C@H]2C3)nc2sc(C)c(C)c2c1=O. The van der Waals surface area contributed by atoms with E-state index in [9.17, 15) is 14.4 Å². The van der Waals surface area contributed by atoms with Crippen molar-refractivity contribution < 1.29 is 9.59 Å². The number of thioether (sulfide) groups is 1. The van der Waals surface area contributed by atoms with Gasteiger partial charge in [-0.05, 0) is 63.4 Å². The predicted octanol–water partition coefficient (Wildman–Crippen LogP) is 4.00. The maximum absolute atomic E-state index is 13.0. The second-order valence-corrected chi connectivity index (χ2v) is 11.1. The molecule has 0 aromatic carbocycles. The average Bonchev–Trinajstić information content (AvgIpc) is 3.44. The van der Waals surface area contributed by atoms with Gasteiger partial charge in [0.1, 0.15) is 4.83 Å². The van der Waals surface area contributed by atoms with Gasteiger partial charge in [-0.2, -0.15) is 0 Å². The molecule has 2 aliphatic rings. The molecule has 0 spiro atoms. The van der Waals surface area contributed by atoms with Gasteiger partial charge in [0.15, 0.2) is 5.16 Å². The summed E-state index contributed by atoms with van der Waals surface area (Å²) in [6.45, 7) is 9.96. The van der Waals surface area contributed by atoms with Crippen molar-refractivity contribution in [3.05, 3.63) is 33.4 Å². The molecule has 2 saturated carbocycles. The third-order valence-corrected chi connectivity index (χ3v) is 9.02. The Morgan fingerprint density at radius 2 is 2.12 bits per heavy atom. The third-order valence-electron chi connectivity index (χ3n) is 6.94. The number of hydrogen-bond donors (Lipinski definition) is 2. The lowest BCUT2D eigenvalue weighted by Crippen LogP contribution is -2.47. The number of carbonyl (C=O) groups is 2. The first kappa shape index (κ1) is 23.0. The number of aromatic nitrogens is 2. The monoisotopic (exact) mass is 474 g/mol. The van der Waals surface area contributed by atoms with Crippen LogP contribution in [0.5, 0.6) is 0 Å². The van der Waals surface area contributed by atoms with Gasteiger partial charge < -0.3 is 5.32 Å². The molecule has 172 valence electrons. The Kier molecular flexibility index (Phi) is 6.76. The Labute approximate surface area is 196 Å². The van der Waals surface area contributed by atoms with Crippen molar-refractivity contribution in [3.63, 3.8) is 0 Å². The van der Waals surface area contributed by atoms with E-state index in [-0.39, 0.29) is 17.4 Å². The van der Waals surface area contributed by atoms with Crippen LogP contribution in [-0.2, 0) is 11.3 Å². The molecule has 7 nitrogen and oxygen atoms in total. The van der Waals surface area contributed by atoms with Crippen LogP contribution < -0.4 is 16.2 Å². The van der Waals surface area contributed by atoms with E-state index in [2.05, 4.69) is 22.2 Å². The van der Waals surface area contributed by atoms with Crippen LogP contribution in [0.4, 0.5) is 4.79 Å². The van der Waals surface area contributed by atoms with Crippen LogP contribution in [0.15, 0.2) is 22.6 Å². The van der Waals surface area contributed by atoms with Gasteiger partial charge in [-0.3, -0.25) is 19.5 Å². The van der Waals surface area contributed by atoms with Crippen molar-refractivity contribution in [2.45, 2.75) is 64.2 Å². The standard InChI is InChI=1S/C23H30N4O3S2/c1-5-8-27-21(29)19-12(2)14(4)32-20(19)26-23(27)31-11-18(28)25-22(30)24-13(3)17-10-15-6-7-16(17)9-15/h5,13,15-17H,1,6-11H2,2-4H3,(H2,24,25,28,30)/t13-,15+,16+,17+/m1/s1. The molecule has 0 saturated heterocycles. The first-order chi connectivity index (χ1) is 15.3. The van der Waals surface area contributed by atoms with Crippen LogP contribution in [0.3, 0.4) is 0 Å². The van der Waals surface area contributed by atoms with E-state index >= 15 is 0 Å². The van der Waals surface area contributed by atoms with Gasteiger partial charge in [-0.1, -0.05) is 24.3 Å². The third kappa shape index (κ3) is 4.50. The van der Waals surface area contributed by atoms with Crippen LogP contribution in [0.25, 0.3) is 10.2 Å². The molecule has 2 aliphatic carbocycles. The highest BCUT2D eigenvalue weighted by atomic mass is 32.2. The second kappa shape index (κ2) is 9.39. The number of fused-ring (bicyclic) bond motifs is 3. The molecule has 2 aromatic rings. The van der Waals surface area contributed by atoms with Crippen LogP contribution in [0.1, 0.15) is 43.0 Å². The van der Waals surface area contributed by atoms with Gasteiger partial charge in [-0.15, -0.1) is 17.9 Å². The molecule has 4 rings (SSSR count). The summed E-state index contributed by atoms with van der Waals surface area (Å²) in [6.07, 6.45) is 6.66. The van der Waals surface area contributed by atoms with Crippen molar-refractivity contribution in [1.82, 2.24) is 20.2 Å². The number of amides is 3. The Hall–Kier alpha value is -2.13. The summed E-state index contributed by atoms with van der Waals surface area (Å²) in [6, 6.07) is -0.403. The van der Waals surface area contributed by atoms with Crippen LogP contribution >= 0.6 is 23.1 Å². The molecule has 9 heteroatoms. The van der Waals surface area contributed by atoms with Gasteiger partial charge in [-0.25, -0.2) is 9.78 Å². The fourth-order valence-electron chi connectivity index (χ4n) is 5.26. The molecule has 4 atom stereocenters. The number of allylic oxidation sites excluding steroid dienone is 1. The molecule has 32 heavy (non-hydrogen) atoms. The number of imide groups is 1. The molecular formula is C23H30N4O3S2. The zero-order valence-corrected chi connectivity index (χ0v) is 20.4. The summed E-state index contributed by atoms with van der Waals surface area (Å²) >= 11 is 2.63. The first-order valence-corrected chi connectivity index (χ1v) is 12.9. The van der Waals surface area contributed by atoms with Crippen molar-refractivity contribution in [3.8, 4) is 0 Å². The highest BCUT2D eigenvalue weighted by Crippen LogP contribution is 2.49. The van der Waals surface area contributed by atoms with Crippen LogP contribution in [0.2, 0.25) is 0 Å². The number of urea groups is 1. The molecule has 0 unspecified atom stereocenters. The number of hydrogen-bond acceptors (Lipinski definition) is 6. The van der Waals surface area contributed by atoms with Gasteiger partial charge in [0.2, 0.25) is 5.91 Å². The number of nitrogens with one attached hydrogen (secondary N) is 2. The van der Waals surface area contributed by atoms with Gasteiger partial charge in [0.05, 0.1) is 11.1 Å². The Morgan fingerprint density at radius 1 is 1.34 bits per heavy atom. The minimum Gasteiger partial charge on any atom is -0.335 e. The quantitative estimate of drug-likeness (QED) is 0.359. The van der Waals surface area contributed by atoms with Crippen molar-refractivity contribution in [2.24, 2.45) is 17.8 Å². The largest absolute Gasteiger partial charge is 0.335 e. The summed E-state index contributed by atoms with van der Waals surface area (Å²) in [5.74, 6) is 1.60. The highest BCUT2D eigenvalue weighted by molar-refractivity contribution is 7.99. The zero-order valence-electron chi connectivity index (χ0n) is 18.8. The van der Waals surface area contributed by atoms with Crippen LogP contribution in [-0.4, -0.2) is 33.3 Å². The molecule has 2 bridgehead atoms. The van der Waals surface area contributed by atoms with E-state index in [0.717, 1.165) is 28.1 Å². The highest BCUT2D eigenvalue weighted by Gasteiger charge is 2.42. The lowest BCUT2D eigenvalue weighted by Gasteiger charge is -2.28. The summed E-state index contributed by atoms with van der Waals surface area (Å²) in [4.78, 5) is 44.1. The number of nitrogens with zero attached hydrogens (tertiary/aromatic N) is 2. The molecule has 0 aliphatic heterocycles. The smallest absolute Gasteiger partial charge is 0.321 e. The summed E-state index contributed by atoms with van der Waals surface area (Å²) in [5.41, 5.74) is 0.813. The normalized spacial score (nSPS) is 22.8. The van der Waals surface area contributed by atoms with Gasteiger partial charge in [0, 0.05) is 17.5 Å². The van der Waals surface area contributed by atoms with E-state index in [4.69, 9.17) is 0 Å². The Bertz CT molecular complexity index is 1120. The van der Waals surface area contributed by atoms with E-state index in [1.54, 1.807) is 6.08 Å². The van der Waals surface area contributed by atoms with Crippen molar-refractivity contribution >= 4 is 45.3 Å². The van der Waals surface area contributed by atoms with E-state index in [0.29, 0.717) is 33.8 Å². The summed E-state index contributed by atoms with van der Waals surface area (Å²) in [7, 11) is 0. The lowest BCUT2D eigenvalue weighted by atomic mass is 9.84. The summed E-state index contributed by atoms with van der Waals surface area (Å²) < 4.78 is 1.53. The maximum Gasteiger partial charge on any atom is 0.321 e. The number of carbonyl (C=O) groups excluding carboxylic acids is 2. The number of rotatable bonds is 7. The van der Waals surface area contributed by atoms with E-state index in [1.807, 2.05) is 20.8 Å². The van der Waals surface area contributed by atoms with Crippen LogP contribution in [0, 0.1) is 31.6 Å². The Morgan fingerprint density at radius 3 is 2.78 bits per heavy atom. The predicted molar refractivity (Wildman–Crippen MR) is 129 cm³/mol. The topological polar surface area (TPSA) is 93.1 Å². The molecule has 0 radical (unpaired) electrons. The molecule has 2 heterocycles. The average molecular weight is 475 g/mol. The van der Waals surface area contributed by atoms with Crippen molar-refractivity contribution in [1.29, 1.82) is 0 Å². The van der Waals surface area contributed by atoms with E-state index < -0.39 is 11.9 Å². The maximum atomic E-state index is 13.0. The lowest BCUT2D eigenvalue weighted by molar-refractivity contribution is -0.117. The van der Waals surface area contributed by atoms with Gasteiger partial charge in [0.25, 0.3) is 5.56 Å². The molecule has 2 N–H and O–H groups in total. The summed E-state index contributed by atoms with van der Waals surface area (Å²) in [5, 5.41) is 6.45. The van der Waals surface area contributed by atoms with Crippen molar-refractivity contribution in [2.75, 3.05) is 5.75 Å². The number of thiophene rings is 1. The molecule has 2 fully saturated rings. The minimum atomic E-state index is -0.456. The fraction of sp³-hybridized carbons (Fsp3) is 0.565. The Balaban J connectivity index is 1.38. The first-order valence-electron chi connectivity index (χ1n) is 11.1. The molecule has 2 aromatic heterocycles. The number of aryl methyl sites for hydroxylation is 2.